The van der Waals surface area contributed by atoms with Gasteiger partial charge in [0, 0.05) is 24.7 Å². The molecule has 0 saturated carbocycles. The summed E-state index contributed by atoms with van der Waals surface area (Å²) in [6.07, 6.45) is 0. The molecule has 1 amide bonds. The second-order valence-corrected chi connectivity index (χ2v) is 6.83. The SMILES string of the molecule is Cl.O=C(Nc1cccc(-c2ccccc2)c1)[C@H]1CNC[C@@H]1c1ccccc1F. The van der Waals surface area contributed by atoms with Gasteiger partial charge in [-0.25, -0.2) is 4.39 Å². The van der Waals surface area contributed by atoms with Gasteiger partial charge in [0.15, 0.2) is 0 Å². The van der Waals surface area contributed by atoms with E-state index in [-0.39, 0.29) is 36.0 Å². The molecule has 3 nitrogen and oxygen atoms in total. The maximum absolute atomic E-state index is 14.2. The fourth-order valence-corrected chi connectivity index (χ4v) is 3.70. The van der Waals surface area contributed by atoms with E-state index in [1.165, 1.54) is 6.07 Å². The highest BCUT2D eigenvalue weighted by Gasteiger charge is 2.35. The summed E-state index contributed by atoms with van der Waals surface area (Å²) < 4.78 is 14.2. The molecular formula is C23H22ClFN2O. The van der Waals surface area contributed by atoms with E-state index >= 15 is 0 Å². The molecule has 1 fully saturated rings. The molecule has 0 unspecified atom stereocenters. The third-order valence-electron chi connectivity index (χ3n) is 5.09. The van der Waals surface area contributed by atoms with Crippen LogP contribution in [-0.4, -0.2) is 19.0 Å². The van der Waals surface area contributed by atoms with Gasteiger partial charge in [0.05, 0.1) is 5.92 Å². The molecule has 2 atom stereocenters. The number of carbonyl (C=O) groups excluding carboxylic acids is 1. The number of hydrogen-bond acceptors (Lipinski definition) is 2. The minimum atomic E-state index is -0.303. The number of benzene rings is 3. The molecule has 1 heterocycles. The molecule has 3 aromatic carbocycles. The lowest BCUT2D eigenvalue weighted by Crippen LogP contribution is -2.28. The Morgan fingerprint density at radius 2 is 1.61 bits per heavy atom. The number of halogens is 2. The van der Waals surface area contributed by atoms with Crippen LogP contribution in [0.2, 0.25) is 0 Å². The van der Waals surface area contributed by atoms with Crippen molar-refractivity contribution in [2.45, 2.75) is 5.92 Å². The van der Waals surface area contributed by atoms with Crippen LogP contribution in [0, 0.1) is 11.7 Å². The first-order valence-electron chi connectivity index (χ1n) is 9.14. The number of carbonyl (C=O) groups is 1. The van der Waals surface area contributed by atoms with Crippen LogP contribution in [0.25, 0.3) is 11.1 Å². The molecule has 5 heteroatoms. The fourth-order valence-electron chi connectivity index (χ4n) is 3.70. The van der Waals surface area contributed by atoms with E-state index in [0.717, 1.165) is 16.8 Å². The predicted molar refractivity (Wildman–Crippen MR) is 113 cm³/mol. The molecule has 2 N–H and O–H groups in total. The molecule has 0 aromatic heterocycles. The number of anilines is 1. The van der Waals surface area contributed by atoms with Crippen LogP contribution >= 0.6 is 12.4 Å². The van der Waals surface area contributed by atoms with Gasteiger partial charge in [-0.05, 0) is 34.9 Å². The highest BCUT2D eigenvalue weighted by molar-refractivity contribution is 5.94. The Morgan fingerprint density at radius 1 is 0.893 bits per heavy atom. The standard InChI is InChI=1S/C23H21FN2O.ClH/c24-22-12-5-4-11-19(22)20-14-25-15-21(20)23(27)26-18-10-6-9-17(13-18)16-7-2-1-3-8-16;/h1-13,20-21,25H,14-15H2,(H,26,27);1H/t20-,21+;/m1./s1. The lowest BCUT2D eigenvalue weighted by molar-refractivity contribution is -0.119. The average molecular weight is 397 g/mol. The monoisotopic (exact) mass is 396 g/mol. The van der Waals surface area contributed by atoms with Gasteiger partial charge in [-0.1, -0.05) is 60.7 Å². The van der Waals surface area contributed by atoms with Crippen molar-refractivity contribution >= 4 is 24.0 Å². The zero-order valence-electron chi connectivity index (χ0n) is 15.3. The average Bonchev–Trinajstić information content (AvgIpc) is 3.19. The fraction of sp³-hybridized carbons (Fsp3) is 0.174. The van der Waals surface area contributed by atoms with Gasteiger partial charge < -0.3 is 10.6 Å². The largest absolute Gasteiger partial charge is 0.326 e. The van der Waals surface area contributed by atoms with E-state index < -0.39 is 0 Å². The first-order chi connectivity index (χ1) is 13.2. The Hall–Kier alpha value is -2.69. The Kier molecular flexibility index (Phi) is 6.45. The van der Waals surface area contributed by atoms with Gasteiger partial charge in [0.25, 0.3) is 0 Å². The normalized spacial score (nSPS) is 18.3. The maximum atomic E-state index is 14.2. The third-order valence-corrected chi connectivity index (χ3v) is 5.09. The van der Waals surface area contributed by atoms with Crippen molar-refractivity contribution in [3.63, 3.8) is 0 Å². The van der Waals surface area contributed by atoms with Gasteiger partial charge in [0.2, 0.25) is 5.91 Å². The highest BCUT2D eigenvalue weighted by atomic mass is 35.5. The Bertz CT molecular complexity index is 948. The van der Waals surface area contributed by atoms with Gasteiger partial charge in [-0.3, -0.25) is 4.79 Å². The van der Waals surface area contributed by atoms with Gasteiger partial charge >= 0.3 is 0 Å². The second kappa shape index (κ2) is 9.00. The molecule has 3 aromatic rings. The van der Waals surface area contributed by atoms with Crippen molar-refractivity contribution in [3.8, 4) is 11.1 Å². The number of amides is 1. The number of rotatable bonds is 4. The molecule has 0 aliphatic carbocycles. The van der Waals surface area contributed by atoms with Gasteiger partial charge in [-0.2, -0.15) is 0 Å². The quantitative estimate of drug-likeness (QED) is 0.661. The lowest BCUT2D eigenvalue weighted by atomic mass is 9.88. The summed E-state index contributed by atoms with van der Waals surface area (Å²) in [4.78, 5) is 12.9. The summed E-state index contributed by atoms with van der Waals surface area (Å²) in [5, 5.41) is 6.24. The molecule has 0 bridgehead atoms. The molecule has 144 valence electrons. The van der Waals surface area contributed by atoms with E-state index in [2.05, 4.69) is 10.6 Å². The predicted octanol–water partition coefficient (Wildman–Crippen LogP) is 4.86. The second-order valence-electron chi connectivity index (χ2n) is 6.83. The molecule has 1 aliphatic heterocycles. The van der Waals surface area contributed by atoms with Crippen LogP contribution in [0.3, 0.4) is 0 Å². The van der Waals surface area contributed by atoms with Gasteiger partial charge in [-0.15, -0.1) is 12.4 Å². The molecule has 0 spiro atoms. The van der Waals surface area contributed by atoms with Gasteiger partial charge in [0.1, 0.15) is 5.82 Å². The van der Waals surface area contributed by atoms with E-state index in [4.69, 9.17) is 0 Å². The first kappa shape index (κ1) is 20.1. The Labute approximate surface area is 170 Å². The van der Waals surface area contributed by atoms with E-state index in [1.807, 2.05) is 60.7 Å². The minimum Gasteiger partial charge on any atom is -0.326 e. The van der Waals surface area contributed by atoms with Crippen molar-refractivity contribution in [1.82, 2.24) is 5.32 Å². The maximum Gasteiger partial charge on any atom is 0.229 e. The number of nitrogens with one attached hydrogen (secondary N) is 2. The smallest absolute Gasteiger partial charge is 0.229 e. The van der Waals surface area contributed by atoms with Crippen molar-refractivity contribution in [3.05, 3.63) is 90.2 Å². The number of hydrogen-bond donors (Lipinski definition) is 2. The first-order valence-corrected chi connectivity index (χ1v) is 9.14. The van der Waals surface area contributed by atoms with Crippen molar-refractivity contribution in [2.24, 2.45) is 5.92 Å². The van der Waals surface area contributed by atoms with Crippen molar-refractivity contribution in [1.29, 1.82) is 0 Å². The topological polar surface area (TPSA) is 41.1 Å². The van der Waals surface area contributed by atoms with Crippen molar-refractivity contribution in [2.75, 3.05) is 18.4 Å². The van der Waals surface area contributed by atoms with E-state index in [9.17, 15) is 9.18 Å². The summed E-state index contributed by atoms with van der Waals surface area (Å²) in [6, 6.07) is 24.5. The summed E-state index contributed by atoms with van der Waals surface area (Å²) >= 11 is 0. The molecule has 4 rings (SSSR count). The summed E-state index contributed by atoms with van der Waals surface area (Å²) in [7, 11) is 0. The Balaban J connectivity index is 0.00000225. The van der Waals surface area contributed by atoms with Crippen LogP contribution in [0.1, 0.15) is 11.5 Å². The molecule has 1 saturated heterocycles. The lowest BCUT2D eigenvalue weighted by Gasteiger charge is -2.19. The minimum absolute atomic E-state index is 0. The molecular weight excluding hydrogens is 375 g/mol. The van der Waals surface area contributed by atoms with Crippen LogP contribution in [-0.2, 0) is 4.79 Å². The van der Waals surface area contributed by atoms with E-state index in [0.29, 0.717) is 18.7 Å². The third kappa shape index (κ3) is 4.24. The van der Waals surface area contributed by atoms with Crippen LogP contribution in [0.15, 0.2) is 78.9 Å². The molecule has 28 heavy (non-hydrogen) atoms. The van der Waals surface area contributed by atoms with E-state index in [1.54, 1.807) is 12.1 Å². The summed E-state index contributed by atoms with van der Waals surface area (Å²) in [6.45, 7) is 1.15. The Morgan fingerprint density at radius 3 is 2.39 bits per heavy atom. The van der Waals surface area contributed by atoms with Crippen molar-refractivity contribution < 1.29 is 9.18 Å². The molecule has 1 aliphatic rings. The zero-order chi connectivity index (χ0) is 18.6. The zero-order valence-corrected chi connectivity index (χ0v) is 16.1. The van der Waals surface area contributed by atoms with Crippen LogP contribution in [0.5, 0.6) is 0 Å². The molecule has 0 radical (unpaired) electrons. The van der Waals surface area contributed by atoms with Crippen LogP contribution < -0.4 is 10.6 Å². The summed E-state index contributed by atoms with van der Waals surface area (Å²) in [5.74, 6) is -0.806. The van der Waals surface area contributed by atoms with Crippen LogP contribution in [0.4, 0.5) is 10.1 Å². The highest BCUT2D eigenvalue weighted by Crippen LogP contribution is 2.31. The summed E-state index contributed by atoms with van der Waals surface area (Å²) in [5.41, 5.74) is 3.49.